The van der Waals surface area contributed by atoms with E-state index in [1.165, 1.54) is 25.1 Å². The van der Waals surface area contributed by atoms with Crippen LogP contribution in [0.25, 0.3) is 0 Å². The third-order valence-electron chi connectivity index (χ3n) is 1.52. The first-order valence-electron chi connectivity index (χ1n) is 3.81. The van der Waals surface area contributed by atoms with E-state index < -0.39 is 5.97 Å². The van der Waals surface area contributed by atoms with E-state index in [1.54, 1.807) is 0 Å². The molecule has 14 heavy (non-hydrogen) atoms. The summed E-state index contributed by atoms with van der Waals surface area (Å²) in [6.07, 6.45) is 0. The Labute approximate surface area is 85.5 Å². The number of halogens is 1. The zero-order valence-electron chi connectivity index (χ0n) is 7.37. The fourth-order valence-corrected chi connectivity index (χ4v) is 1.23. The molecule has 0 bridgehead atoms. The van der Waals surface area contributed by atoms with Crippen LogP contribution in [0, 0.1) is 0 Å². The fraction of sp³-hybridized carbons (Fsp3) is 0.111. The summed E-state index contributed by atoms with van der Waals surface area (Å²) in [7, 11) is 0. The first-order valence-corrected chi connectivity index (χ1v) is 4.19. The van der Waals surface area contributed by atoms with Gasteiger partial charge in [0, 0.05) is 12.6 Å². The standard InChI is InChI=1S/C9H8ClNO3/c1-5(12)11-6-2-3-7(9(13)14)8(10)4-6/h2-4H,1H3,(H,11,12)(H,13,14). The van der Waals surface area contributed by atoms with Gasteiger partial charge in [-0.15, -0.1) is 0 Å². The Morgan fingerprint density at radius 1 is 1.43 bits per heavy atom. The minimum Gasteiger partial charge on any atom is -0.478 e. The van der Waals surface area contributed by atoms with Crippen LogP contribution in [0.3, 0.4) is 0 Å². The van der Waals surface area contributed by atoms with E-state index in [-0.39, 0.29) is 16.5 Å². The number of carboxylic acids is 1. The highest BCUT2D eigenvalue weighted by atomic mass is 35.5. The van der Waals surface area contributed by atoms with Crippen LogP contribution >= 0.6 is 11.6 Å². The topological polar surface area (TPSA) is 66.4 Å². The second-order valence-corrected chi connectivity index (χ2v) is 3.09. The number of carbonyl (C=O) groups excluding carboxylic acids is 1. The maximum Gasteiger partial charge on any atom is 0.337 e. The summed E-state index contributed by atoms with van der Waals surface area (Å²) in [4.78, 5) is 21.3. The molecule has 74 valence electrons. The van der Waals surface area contributed by atoms with Crippen molar-refractivity contribution in [3.8, 4) is 0 Å². The average molecular weight is 214 g/mol. The van der Waals surface area contributed by atoms with Crippen molar-refractivity contribution in [2.75, 3.05) is 5.32 Å². The first kappa shape index (κ1) is 10.5. The summed E-state index contributed by atoms with van der Waals surface area (Å²) >= 11 is 5.68. The molecule has 4 nitrogen and oxygen atoms in total. The number of benzene rings is 1. The summed E-state index contributed by atoms with van der Waals surface area (Å²) in [6.45, 7) is 1.36. The second-order valence-electron chi connectivity index (χ2n) is 2.68. The molecule has 0 unspecified atom stereocenters. The number of nitrogens with one attached hydrogen (secondary N) is 1. The smallest absolute Gasteiger partial charge is 0.337 e. The van der Waals surface area contributed by atoms with Gasteiger partial charge < -0.3 is 10.4 Å². The van der Waals surface area contributed by atoms with E-state index in [2.05, 4.69) is 5.32 Å². The van der Waals surface area contributed by atoms with Crippen molar-refractivity contribution in [2.45, 2.75) is 6.92 Å². The predicted molar refractivity (Wildman–Crippen MR) is 52.7 cm³/mol. The fourth-order valence-electron chi connectivity index (χ4n) is 0.970. The predicted octanol–water partition coefficient (Wildman–Crippen LogP) is 2.00. The summed E-state index contributed by atoms with van der Waals surface area (Å²) in [5.41, 5.74) is 0.494. The zero-order chi connectivity index (χ0) is 10.7. The van der Waals surface area contributed by atoms with Gasteiger partial charge >= 0.3 is 5.97 Å². The Kier molecular flexibility index (Phi) is 3.09. The van der Waals surface area contributed by atoms with Crippen molar-refractivity contribution in [3.05, 3.63) is 28.8 Å². The molecule has 1 rings (SSSR count). The molecule has 0 saturated carbocycles. The molecule has 0 radical (unpaired) electrons. The van der Waals surface area contributed by atoms with Crippen molar-refractivity contribution in [2.24, 2.45) is 0 Å². The second kappa shape index (κ2) is 4.11. The van der Waals surface area contributed by atoms with Gasteiger partial charge in [-0.25, -0.2) is 4.79 Å². The van der Waals surface area contributed by atoms with E-state index in [9.17, 15) is 9.59 Å². The number of rotatable bonds is 2. The average Bonchev–Trinajstić information content (AvgIpc) is 2.01. The van der Waals surface area contributed by atoms with Crippen LogP contribution in [0.15, 0.2) is 18.2 Å². The van der Waals surface area contributed by atoms with Gasteiger partial charge in [0.2, 0.25) is 5.91 Å². The molecule has 0 aliphatic rings. The van der Waals surface area contributed by atoms with Crippen molar-refractivity contribution in [1.82, 2.24) is 0 Å². The molecule has 1 aromatic carbocycles. The molecule has 1 amide bonds. The lowest BCUT2D eigenvalue weighted by atomic mass is 10.2. The SMILES string of the molecule is CC(=O)Nc1ccc(C(=O)O)c(Cl)c1. The highest BCUT2D eigenvalue weighted by molar-refractivity contribution is 6.33. The summed E-state index contributed by atoms with van der Waals surface area (Å²) in [6, 6.07) is 4.22. The van der Waals surface area contributed by atoms with E-state index in [0.29, 0.717) is 5.69 Å². The van der Waals surface area contributed by atoms with Gasteiger partial charge in [-0.1, -0.05) is 11.6 Å². The molecule has 2 N–H and O–H groups in total. The molecule has 0 saturated heterocycles. The summed E-state index contributed by atoms with van der Waals surface area (Å²) in [5, 5.41) is 11.3. The molecule has 0 spiro atoms. The number of carbonyl (C=O) groups is 2. The van der Waals surface area contributed by atoms with Gasteiger partial charge in [0.1, 0.15) is 0 Å². The van der Waals surface area contributed by atoms with E-state index in [1.807, 2.05) is 0 Å². The van der Waals surface area contributed by atoms with Crippen LogP contribution in [0.2, 0.25) is 5.02 Å². The number of amides is 1. The van der Waals surface area contributed by atoms with E-state index >= 15 is 0 Å². The zero-order valence-corrected chi connectivity index (χ0v) is 8.13. The van der Waals surface area contributed by atoms with Crippen LogP contribution in [-0.4, -0.2) is 17.0 Å². The molecule has 0 heterocycles. The third-order valence-corrected chi connectivity index (χ3v) is 1.83. The largest absolute Gasteiger partial charge is 0.478 e. The molecular formula is C9H8ClNO3. The minimum atomic E-state index is -1.09. The molecular weight excluding hydrogens is 206 g/mol. The summed E-state index contributed by atoms with van der Waals surface area (Å²) in [5.74, 6) is -1.33. The third kappa shape index (κ3) is 2.47. The Balaban J connectivity index is 3.00. The lowest BCUT2D eigenvalue weighted by Crippen LogP contribution is -2.06. The van der Waals surface area contributed by atoms with Gasteiger partial charge in [0.25, 0.3) is 0 Å². The van der Waals surface area contributed by atoms with Crippen LogP contribution in [-0.2, 0) is 4.79 Å². The normalized spacial score (nSPS) is 9.57. The maximum absolute atomic E-state index is 10.7. The van der Waals surface area contributed by atoms with Gasteiger partial charge in [-0.05, 0) is 18.2 Å². The molecule has 0 aliphatic carbocycles. The Bertz CT molecular complexity index is 390. The van der Waals surface area contributed by atoms with Crippen molar-refractivity contribution in [1.29, 1.82) is 0 Å². The van der Waals surface area contributed by atoms with Crippen LogP contribution < -0.4 is 5.32 Å². The molecule has 5 heteroatoms. The molecule has 1 aromatic rings. The highest BCUT2D eigenvalue weighted by Crippen LogP contribution is 2.20. The number of hydrogen-bond acceptors (Lipinski definition) is 2. The van der Waals surface area contributed by atoms with Crippen LogP contribution in [0.5, 0.6) is 0 Å². The van der Waals surface area contributed by atoms with Gasteiger partial charge in [-0.2, -0.15) is 0 Å². The van der Waals surface area contributed by atoms with Crippen LogP contribution in [0.4, 0.5) is 5.69 Å². The van der Waals surface area contributed by atoms with Crippen LogP contribution in [0.1, 0.15) is 17.3 Å². The van der Waals surface area contributed by atoms with Gasteiger partial charge in [-0.3, -0.25) is 4.79 Å². The number of aromatic carboxylic acids is 1. The van der Waals surface area contributed by atoms with Gasteiger partial charge in [0.05, 0.1) is 10.6 Å². The Hall–Kier alpha value is -1.55. The number of hydrogen-bond donors (Lipinski definition) is 2. The maximum atomic E-state index is 10.7. The monoisotopic (exact) mass is 213 g/mol. The Morgan fingerprint density at radius 2 is 2.07 bits per heavy atom. The highest BCUT2D eigenvalue weighted by Gasteiger charge is 2.08. The molecule has 0 atom stereocenters. The lowest BCUT2D eigenvalue weighted by molar-refractivity contribution is -0.114. The number of anilines is 1. The van der Waals surface area contributed by atoms with Gasteiger partial charge in [0.15, 0.2) is 0 Å². The Morgan fingerprint density at radius 3 is 2.50 bits per heavy atom. The molecule has 0 fully saturated rings. The lowest BCUT2D eigenvalue weighted by Gasteiger charge is -2.03. The quantitative estimate of drug-likeness (QED) is 0.790. The van der Waals surface area contributed by atoms with Crippen molar-refractivity contribution in [3.63, 3.8) is 0 Å². The van der Waals surface area contributed by atoms with E-state index in [0.717, 1.165) is 0 Å². The minimum absolute atomic E-state index is 0.0146. The molecule has 0 aliphatic heterocycles. The van der Waals surface area contributed by atoms with Crippen molar-refractivity contribution >= 4 is 29.2 Å². The summed E-state index contributed by atoms with van der Waals surface area (Å²) < 4.78 is 0. The molecule has 0 aromatic heterocycles. The number of carboxylic acid groups (broad SMARTS) is 1. The van der Waals surface area contributed by atoms with E-state index in [4.69, 9.17) is 16.7 Å². The van der Waals surface area contributed by atoms with Crippen molar-refractivity contribution < 1.29 is 14.7 Å². The first-order chi connectivity index (χ1) is 6.50.